The van der Waals surface area contributed by atoms with Crippen LogP contribution in [0.15, 0.2) is 18.3 Å². The molecular formula is C8H8N2O3S. The molecule has 0 saturated heterocycles. The number of hydrogen-bond donors (Lipinski definition) is 1. The molecule has 1 N–H and O–H groups in total. The van der Waals surface area contributed by atoms with E-state index < -0.39 is 10.1 Å². The average molecular weight is 212 g/mol. The first-order chi connectivity index (χ1) is 6.51. The minimum absolute atomic E-state index is 0.192. The number of rotatable bonds is 3. The van der Waals surface area contributed by atoms with E-state index in [1.165, 1.54) is 12.3 Å². The molecule has 0 radical (unpaired) electrons. The van der Waals surface area contributed by atoms with Crippen molar-refractivity contribution >= 4 is 10.1 Å². The van der Waals surface area contributed by atoms with Gasteiger partial charge >= 0.3 is 0 Å². The summed E-state index contributed by atoms with van der Waals surface area (Å²) in [7, 11) is -3.93. The molecule has 0 saturated carbocycles. The lowest BCUT2D eigenvalue weighted by atomic mass is 10.2. The fourth-order valence-corrected chi connectivity index (χ4v) is 1.38. The van der Waals surface area contributed by atoms with Gasteiger partial charge in [0.25, 0.3) is 10.1 Å². The molecule has 6 heteroatoms. The van der Waals surface area contributed by atoms with Gasteiger partial charge in [-0.3, -0.25) is 4.55 Å². The fourth-order valence-electron chi connectivity index (χ4n) is 0.885. The van der Waals surface area contributed by atoms with E-state index in [2.05, 4.69) is 4.98 Å². The van der Waals surface area contributed by atoms with Crippen LogP contribution in [-0.2, 0) is 16.5 Å². The molecule has 1 aromatic rings. The van der Waals surface area contributed by atoms with Crippen molar-refractivity contribution in [1.82, 2.24) is 4.98 Å². The third kappa shape index (κ3) is 3.51. The lowest BCUT2D eigenvalue weighted by Gasteiger charge is -1.98. The third-order valence-electron chi connectivity index (χ3n) is 1.59. The van der Waals surface area contributed by atoms with Gasteiger partial charge in [-0.05, 0) is 18.1 Å². The molecule has 0 aliphatic carbocycles. The normalized spacial score (nSPS) is 10.9. The molecule has 0 amide bonds. The van der Waals surface area contributed by atoms with Crippen molar-refractivity contribution in [3.8, 4) is 6.07 Å². The zero-order chi connectivity index (χ0) is 10.6. The smallest absolute Gasteiger partial charge is 0.265 e. The topological polar surface area (TPSA) is 91.0 Å². The largest absolute Gasteiger partial charge is 0.286 e. The second kappa shape index (κ2) is 4.17. The number of aryl methyl sites for hydroxylation is 1. The summed E-state index contributed by atoms with van der Waals surface area (Å²) in [6, 6.07) is 4.95. The first-order valence-corrected chi connectivity index (χ1v) is 5.42. The van der Waals surface area contributed by atoms with E-state index in [4.69, 9.17) is 9.81 Å². The average Bonchev–Trinajstić information content (AvgIpc) is 2.14. The molecule has 0 bridgehead atoms. The Bertz CT molecular complexity index is 444. The Balaban J connectivity index is 2.67. The van der Waals surface area contributed by atoms with Gasteiger partial charge in [0.1, 0.15) is 11.8 Å². The van der Waals surface area contributed by atoms with Crippen LogP contribution in [0.25, 0.3) is 0 Å². The molecule has 0 spiro atoms. The van der Waals surface area contributed by atoms with Crippen molar-refractivity contribution in [2.75, 3.05) is 5.75 Å². The van der Waals surface area contributed by atoms with Crippen LogP contribution in [-0.4, -0.2) is 23.7 Å². The molecular weight excluding hydrogens is 204 g/mol. The third-order valence-corrected chi connectivity index (χ3v) is 2.31. The molecule has 0 aliphatic rings. The monoisotopic (exact) mass is 212 g/mol. The molecule has 1 rings (SSSR count). The predicted octanol–water partition coefficient (Wildman–Crippen LogP) is 0.384. The molecule has 14 heavy (non-hydrogen) atoms. The minimum Gasteiger partial charge on any atom is -0.286 e. The Kier molecular flexibility index (Phi) is 3.17. The quantitative estimate of drug-likeness (QED) is 0.731. The summed E-state index contributed by atoms with van der Waals surface area (Å²) in [5, 5.41) is 8.44. The Morgan fingerprint density at radius 3 is 2.64 bits per heavy atom. The number of nitriles is 1. The molecule has 0 atom stereocenters. The first kappa shape index (κ1) is 10.6. The van der Waals surface area contributed by atoms with Crippen molar-refractivity contribution in [3.63, 3.8) is 0 Å². The van der Waals surface area contributed by atoms with Gasteiger partial charge in [0.15, 0.2) is 0 Å². The van der Waals surface area contributed by atoms with E-state index in [0.29, 0.717) is 5.56 Å². The Labute approximate surface area is 81.8 Å². The standard InChI is InChI=1S/C8H8N2O3S/c9-5-8-2-1-7(6-10-8)3-4-14(11,12)13/h1-2,6H,3-4H2,(H,11,12,13). The maximum Gasteiger partial charge on any atom is 0.265 e. The Hall–Kier alpha value is -1.45. The van der Waals surface area contributed by atoms with Gasteiger partial charge in [-0.25, -0.2) is 4.98 Å². The predicted molar refractivity (Wildman–Crippen MR) is 49.1 cm³/mol. The number of pyridine rings is 1. The molecule has 0 aliphatic heterocycles. The van der Waals surface area contributed by atoms with Crippen molar-refractivity contribution in [2.45, 2.75) is 6.42 Å². The van der Waals surface area contributed by atoms with Crippen LogP contribution >= 0.6 is 0 Å². The summed E-state index contributed by atoms with van der Waals surface area (Å²) in [6.07, 6.45) is 1.61. The highest BCUT2D eigenvalue weighted by Gasteiger charge is 2.04. The van der Waals surface area contributed by atoms with Gasteiger partial charge in [-0.15, -0.1) is 0 Å². The second-order valence-electron chi connectivity index (χ2n) is 2.70. The van der Waals surface area contributed by atoms with Gasteiger partial charge in [0.2, 0.25) is 0 Å². The summed E-state index contributed by atoms with van der Waals surface area (Å²) >= 11 is 0. The second-order valence-corrected chi connectivity index (χ2v) is 4.27. The van der Waals surface area contributed by atoms with Gasteiger partial charge in [-0.1, -0.05) is 6.07 Å². The molecule has 0 unspecified atom stereocenters. The lowest BCUT2D eigenvalue weighted by molar-refractivity contribution is 0.482. The SMILES string of the molecule is N#Cc1ccc(CCS(=O)(=O)O)cn1. The van der Waals surface area contributed by atoms with E-state index in [1.54, 1.807) is 6.07 Å². The van der Waals surface area contributed by atoms with Gasteiger partial charge in [-0.2, -0.15) is 13.7 Å². The summed E-state index contributed by atoms with van der Waals surface area (Å²) in [5.41, 5.74) is 0.947. The zero-order valence-corrected chi connectivity index (χ0v) is 8.03. The Morgan fingerprint density at radius 1 is 1.50 bits per heavy atom. The molecule has 0 aromatic carbocycles. The van der Waals surface area contributed by atoms with Gasteiger partial charge in [0.05, 0.1) is 5.75 Å². The summed E-state index contributed by atoms with van der Waals surface area (Å²) < 4.78 is 29.3. The van der Waals surface area contributed by atoms with E-state index in [0.717, 1.165) is 0 Å². The molecule has 1 aromatic heterocycles. The summed E-state index contributed by atoms with van der Waals surface area (Å²) in [6.45, 7) is 0. The highest BCUT2D eigenvalue weighted by Crippen LogP contribution is 2.01. The Morgan fingerprint density at radius 2 is 2.21 bits per heavy atom. The van der Waals surface area contributed by atoms with Crippen LogP contribution in [0.2, 0.25) is 0 Å². The molecule has 74 valence electrons. The molecule has 1 heterocycles. The maximum atomic E-state index is 10.4. The fraction of sp³-hybridized carbons (Fsp3) is 0.250. The molecule has 0 fully saturated rings. The van der Waals surface area contributed by atoms with Gasteiger partial charge in [0, 0.05) is 6.20 Å². The number of hydrogen-bond acceptors (Lipinski definition) is 4. The van der Waals surface area contributed by atoms with E-state index in [-0.39, 0.29) is 17.9 Å². The highest BCUT2D eigenvalue weighted by molar-refractivity contribution is 7.85. The van der Waals surface area contributed by atoms with Crippen molar-refractivity contribution < 1.29 is 13.0 Å². The summed E-state index contributed by atoms with van der Waals surface area (Å²) in [5.74, 6) is -0.333. The van der Waals surface area contributed by atoms with Crippen molar-refractivity contribution in [3.05, 3.63) is 29.6 Å². The van der Waals surface area contributed by atoms with Crippen LogP contribution < -0.4 is 0 Å². The maximum absolute atomic E-state index is 10.4. The molecule has 5 nitrogen and oxygen atoms in total. The van der Waals surface area contributed by atoms with Crippen molar-refractivity contribution in [2.24, 2.45) is 0 Å². The van der Waals surface area contributed by atoms with Gasteiger partial charge < -0.3 is 0 Å². The van der Waals surface area contributed by atoms with Crippen LogP contribution in [0.4, 0.5) is 0 Å². The highest BCUT2D eigenvalue weighted by atomic mass is 32.2. The minimum atomic E-state index is -3.93. The first-order valence-electron chi connectivity index (χ1n) is 3.81. The van der Waals surface area contributed by atoms with Crippen LogP contribution in [0, 0.1) is 11.3 Å². The van der Waals surface area contributed by atoms with E-state index in [9.17, 15) is 8.42 Å². The van der Waals surface area contributed by atoms with E-state index in [1.807, 2.05) is 6.07 Å². The van der Waals surface area contributed by atoms with Crippen molar-refractivity contribution in [1.29, 1.82) is 5.26 Å². The number of nitrogens with zero attached hydrogens (tertiary/aromatic N) is 2. The van der Waals surface area contributed by atoms with Crippen LogP contribution in [0.3, 0.4) is 0 Å². The van der Waals surface area contributed by atoms with E-state index >= 15 is 0 Å². The van der Waals surface area contributed by atoms with Crippen LogP contribution in [0.1, 0.15) is 11.3 Å². The lowest BCUT2D eigenvalue weighted by Crippen LogP contribution is -2.06. The number of aromatic nitrogens is 1. The van der Waals surface area contributed by atoms with Crippen LogP contribution in [0.5, 0.6) is 0 Å². The zero-order valence-electron chi connectivity index (χ0n) is 7.21. The summed E-state index contributed by atoms with van der Waals surface area (Å²) in [4.78, 5) is 3.76.